The van der Waals surface area contributed by atoms with Gasteiger partial charge in [-0.25, -0.2) is 8.42 Å². The van der Waals surface area contributed by atoms with Crippen molar-refractivity contribution in [1.29, 1.82) is 0 Å². The van der Waals surface area contributed by atoms with Gasteiger partial charge in [0.1, 0.15) is 0 Å². The van der Waals surface area contributed by atoms with Crippen LogP contribution in [0.25, 0.3) is 0 Å². The maximum Gasteiger partial charge on any atom is 0.306 e. The lowest BCUT2D eigenvalue weighted by Gasteiger charge is -2.10. The highest BCUT2D eigenvalue weighted by Gasteiger charge is 2.30. The Hall–Kier alpha value is -2.41. The van der Waals surface area contributed by atoms with E-state index in [1.807, 2.05) is 38.1 Å². The number of hydrogen-bond donors (Lipinski definition) is 0. The quantitative estimate of drug-likeness (QED) is 0.487. The van der Waals surface area contributed by atoms with Crippen LogP contribution < -0.4 is 0 Å². The second-order valence-electron chi connectivity index (χ2n) is 7.73. The number of rotatable bonds is 8. The van der Waals surface area contributed by atoms with Gasteiger partial charge < -0.3 is 9.30 Å². The van der Waals surface area contributed by atoms with Crippen molar-refractivity contribution >= 4 is 21.6 Å². The number of benzene rings is 1. The first kappa shape index (κ1) is 21.3. The number of hydrogen-bond acceptors (Lipinski definition) is 5. The Morgan fingerprint density at radius 1 is 1.17 bits per heavy atom. The van der Waals surface area contributed by atoms with Crippen molar-refractivity contribution in [2.75, 3.05) is 18.1 Å². The summed E-state index contributed by atoms with van der Waals surface area (Å²) >= 11 is 0. The van der Waals surface area contributed by atoms with Crippen molar-refractivity contribution in [1.82, 2.24) is 4.57 Å². The number of sulfone groups is 1. The summed E-state index contributed by atoms with van der Waals surface area (Å²) in [4.78, 5) is 24.6. The number of aryl methyl sites for hydroxylation is 2. The van der Waals surface area contributed by atoms with Gasteiger partial charge in [0.2, 0.25) is 5.78 Å². The predicted octanol–water partition coefficient (Wildman–Crippen LogP) is 2.90. The van der Waals surface area contributed by atoms with Crippen LogP contribution in [0.4, 0.5) is 0 Å². The minimum Gasteiger partial charge on any atom is -0.457 e. The molecule has 0 saturated carbocycles. The molecular formula is C22H27NO5S. The number of ether oxygens (including phenoxy) is 1. The molecule has 0 bridgehead atoms. The van der Waals surface area contributed by atoms with E-state index in [-0.39, 0.29) is 36.2 Å². The Balaban J connectivity index is 1.54. The average Bonchev–Trinajstić information content (AvgIpc) is 3.17. The summed E-state index contributed by atoms with van der Waals surface area (Å²) < 4.78 is 30.2. The zero-order valence-corrected chi connectivity index (χ0v) is 17.7. The smallest absolute Gasteiger partial charge is 0.306 e. The molecule has 1 fully saturated rings. The zero-order chi connectivity index (χ0) is 21.0. The third kappa shape index (κ3) is 5.56. The van der Waals surface area contributed by atoms with E-state index in [0.29, 0.717) is 12.0 Å². The molecule has 6 nitrogen and oxygen atoms in total. The molecule has 0 aliphatic carbocycles. The van der Waals surface area contributed by atoms with Crippen LogP contribution >= 0.6 is 0 Å². The number of Topliss-reactive ketones (excluding diaryl/α,β-unsaturated/α-hetero) is 1. The van der Waals surface area contributed by atoms with E-state index in [4.69, 9.17) is 4.74 Å². The second-order valence-corrected chi connectivity index (χ2v) is 9.96. The van der Waals surface area contributed by atoms with Gasteiger partial charge in [-0.05, 0) is 44.2 Å². The third-order valence-electron chi connectivity index (χ3n) is 5.49. The summed E-state index contributed by atoms with van der Waals surface area (Å²) in [5.74, 6) is -0.808. The van der Waals surface area contributed by atoms with Crippen LogP contribution in [-0.4, -0.2) is 42.9 Å². The molecule has 0 N–H and O–H groups in total. The highest BCUT2D eigenvalue weighted by molar-refractivity contribution is 7.91. The maximum absolute atomic E-state index is 12.6. The summed E-state index contributed by atoms with van der Waals surface area (Å²) in [6, 6.07) is 12.0. The van der Waals surface area contributed by atoms with E-state index >= 15 is 0 Å². The topological polar surface area (TPSA) is 82.4 Å². The van der Waals surface area contributed by atoms with Crippen LogP contribution in [0.15, 0.2) is 36.4 Å². The van der Waals surface area contributed by atoms with E-state index in [1.165, 1.54) is 5.56 Å². The molecule has 1 atom stereocenters. The van der Waals surface area contributed by atoms with Gasteiger partial charge in [0.25, 0.3) is 0 Å². The lowest BCUT2D eigenvalue weighted by Crippen LogP contribution is -2.18. The molecular weight excluding hydrogens is 390 g/mol. The number of esters is 1. The van der Waals surface area contributed by atoms with Crippen LogP contribution in [0.5, 0.6) is 0 Å². The minimum atomic E-state index is -3.03. The van der Waals surface area contributed by atoms with Crippen molar-refractivity contribution in [2.45, 2.75) is 39.7 Å². The van der Waals surface area contributed by atoms with Crippen LogP contribution in [0.1, 0.15) is 40.2 Å². The number of aromatic nitrogens is 1. The summed E-state index contributed by atoms with van der Waals surface area (Å²) in [5.41, 5.74) is 3.65. The summed E-state index contributed by atoms with van der Waals surface area (Å²) in [7, 11) is -3.03. The molecule has 1 saturated heterocycles. The van der Waals surface area contributed by atoms with Crippen LogP contribution in [0.3, 0.4) is 0 Å². The summed E-state index contributed by atoms with van der Waals surface area (Å²) in [6.45, 7) is 4.31. The van der Waals surface area contributed by atoms with E-state index in [0.717, 1.165) is 24.4 Å². The molecule has 3 rings (SSSR count). The van der Waals surface area contributed by atoms with Gasteiger partial charge in [-0.1, -0.05) is 30.3 Å². The molecule has 0 spiro atoms. The Labute approximate surface area is 171 Å². The summed E-state index contributed by atoms with van der Waals surface area (Å²) in [6.07, 6.45) is 1.39. The highest BCUT2D eigenvalue weighted by atomic mass is 32.2. The van der Waals surface area contributed by atoms with Gasteiger partial charge in [-0.15, -0.1) is 0 Å². The van der Waals surface area contributed by atoms with E-state index in [2.05, 4.69) is 16.7 Å². The van der Waals surface area contributed by atoms with Crippen LogP contribution in [0.2, 0.25) is 0 Å². The fraction of sp³-hybridized carbons (Fsp3) is 0.455. The van der Waals surface area contributed by atoms with Crippen molar-refractivity contribution in [3.63, 3.8) is 0 Å². The lowest BCUT2D eigenvalue weighted by atomic mass is 10.1. The Morgan fingerprint density at radius 2 is 1.90 bits per heavy atom. The first-order valence-corrected chi connectivity index (χ1v) is 11.7. The second kappa shape index (κ2) is 8.95. The number of carbonyl (C=O) groups excluding carboxylic acids is 2. The molecule has 1 aliphatic heterocycles. The molecule has 156 valence electrons. The fourth-order valence-electron chi connectivity index (χ4n) is 3.86. The molecule has 1 aromatic carbocycles. The lowest BCUT2D eigenvalue weighted by molar-refractivity contribution is -0.143. The fourth-order valence-corrected chi connectivity index (χ4v) is 5.73. The third-order valence-corrected chi connectivity index (χ3v) is 7.32. The first-order valence-electron chi connectivity index (χ1n) is 9.85. The van der Waals surface area contributed by atoms with Crippen LogP contribution in [-0.2, 0) is 32.3 Å². The largest absolute Gasteiger partial charge is 0.457 e. The van der Waals surface area contributed by atoms with Crippen molar-refractivity contribution in [3.8, 4) is 0 Å². The number of ketones is 1. The average molecular weight is 418 g/mol. The Bertz CT molecular complexity index is 992. The molecule has 1 aromatic heterocycles. The van der Waals surface area contributed by atoms with E-state index < -0.39 is 15.8 Å². The zero-order valence-electron chi connectivity index (χ0n) is 16.9. The highest BCUT2D eigenvalue weighted by Crippen LogP contribution is 2.22. The van der Waals surface area contributed by atoms with Gasteiger partial charge in [-0.3, -0.25) is 9.59 Å². The van der Waals surface area contributed by atoms with Gasteiger partial charge in [0.05, 0.1) is 11.5 Å². The molecule has 2 heterocycles. The van der Waals surface area contributed by atoms with Crippen molar-refractivity contribution in [3.05, 3.63) is 58.9 Å². The maximum atomic E-state index is 12.6. The standard InChI is InChI=1S/C22H27NO5S/c1-16-12-20(17(2)23(16)10-8-18-6-4-3-5-7-18)21(24)14-28-22(25)13-19-9-11-29(26,27)15-19/h3-7,12,19H,8-11,13-15H2,1-2H3/t19-/m0/s1. The van der Waals surface area contributed by atoms with Gasteiger partial charge >= 0.3 is 5.97 Å². The van der Waals surface area contributed by atoms with Gasteiger partial charge in [0, 0.05) is 29.9 Å². The molecule has 0 unspecified atom stereocenters. The Morgan fingerprint density at radius 3 is 2.55 bits per heavy atom. The first-order chi connectivity index (χ1) is 13.7. The van der Waals surface area contributed by atoms with Gasteiger partial charge in [-0.2, -0.15) is 0 Å². The van der Waals surface area contributed by atoms with Crippen LogP contribution in [0, 0.1) is 19.8 Å². The SMILES string of the molecule is Cc1cc(C(=O)COC(=O)C[C@@H]2CCS(=O)(=O)C2)c(C)n1CCc1ccccc1. The van der Waals surface area contributed by atoms with E-state index in [1.54, 1.807) is 0 Å². The number of nitrogens with zero attached hydrogens (tertiary/aromatic N) is 1. The summed E-state index contributed by atoms with van der Waals surface area (Å²) in [5, 5.41) is 0. The molecule has 29 heavy (non-hydrogen) atoms. The molecule has 7 heteroatoms. The molecule has 0 amide bonds. The van der Waals surface area contributed by atoms with Gasteiger partial charge in [0.15, 0.2) is 16.4 Å². The normalized spacial score (nSPS) is 17.9. The van der Waals surface area contributed by atoms with Crippen molar-refractivity contribution in [2.24, 2.45) is 5.92 Å². The predicted molar refractivity (Wildman–Crippen MR) is 111 cm³/mol. The monoisotopic (exact) mass is 417 g/mol. The number of carbonyl (C=O) groups is 2. The Kier molecular flexibility index (Phi) is 6.57. The van der Waals surface area contributed by atoms with E-state index in [9.17, 15) is 18.0 Å². The molecule has 1 aliphatic rings. The van der Waals surface area contributed by atoms with Crippen molar-refractivity contribution < 1.29 is 22.7 Å². The molecule has 0 radical (unpaired) electrons. The molecule has 2 aromatic rings. The minimum absolute atomic E-state index is 0.0264.